The Hall–Kier alpha value is -2.44. The number of aromatic nitrogens is 1. The Morgan fingerprint density at radius 2 is 2.12 bits per heavy atom. The van der Waals surface area contributed by atoms with E-state index in [1.165, 1.54) is 11.3 Å². The number of nitrogens with one attached hydrogen (secondary N) is 1. The Bertz CT molecular complexity index is 902. The van der Waals surface area contributed by atoms with Gasteiger partial charge < -0.3 is 15.8 Å². The Morgan fingerprint density at radius 1 is 1.28 bits per heavy atom. The van der Waals surface area contributed by atoms with Gasteiger partial charge in [-0.05, 0) is 25.0 Å². The summed E-state index contributed by atoms with van der Waals surface area (Å²) in [6.07, 6.45) is 2.16. The number of ether oxygens (including phenoxy) is 1. The van der Waals surface area contributed by atoms with Gasteiger partial charge in [0.15, 0.2) is 0 Å². The molecule has 0 radical (unpaired) electrons. The lowest BCUT2D eigenvalue weighted by atomic mass is 10.1. The molecule has 1 aliphatic heterocycles. The number of fused-ring (bicyclic) bond motifs is 1. The topological polar surface area (TPSA) is 77.2 Å². The summed E-state index contributed by atoms with van der Waals surface area (Å²) in [6, 6.07) is 13.8. The van der Waals surface area contributed by atoms with Crippen molar-refractivity contribution in [2.75, 3.05) is 18.9 Å². The van der Waals surface area contributed by atoms with Crippen molar-refractivity contribution >= 4 is 33.1 Å². The van der Waals surface area contributed by atoms with Crippen LogP contribution in [0.5, 0.6) is 0 Å². The summed E-state index contributed by atoms with van der Waals surface area (Å²) in [6.45, 7) is 1.30. The highest BCUT2D eigenvalue weighted by atomic mass is 32.1. The molecule has 0 saturated carbocycles. The van der Waals surface area contributed by atoms with Crippen LogP contribution in [-0.4, -0.2) is 30.1 Å². The third kappa shape index (κ3) is 3.23. The Balaban J connectivity index is 1.59. The van der Waals surface area contributed by atoms with E-state index >= 15 is 0 Å². The first kappa shape index (κ1) is 16.1. The van der Waals surface area contributed by atoms with Gasteiger partial charge in [0.25, 0.3) is 5.91 Å². The van der Waals surface area contributed by atoms with Crippen molar-refractivity contribution in [3.63, 3.8) is 0 Å². The molecule has 1 saturated heterocycles. The Kier molecular flexibility index (Phi) is 4.38. The van der Waals surface area contributed by atoms with E-state index in [2.05, 4.69) is 10.3 Å². The quantitative estimate of drug-likeness (QED) is 0.753. The smallest absolute Gasteiger partial charge is 0.263 e. The second kappa shape index (κ2) is 6.82. The summed E-state index contributed by atoms with van der Waals surface area (Å²) in [4.78, 5) is 18.5. The molecule has 25 heavy (non-hydrogen) atoms. The first-order chi connectivity index (χ1) is 12.2. The number of nitrogens with zero attached hydrogens (tertiary/aromatic N) is 1. The molecule has 0 spiro atoms. The number of rotatable bonds is 4. The highest BCUT2D eigenvalue weighted by Crippen LogP contribution is 2.34. The molecule has 128 valence electrons. The molecule has 0 bridgehead atoms. The number of thiophene rings is 1. The number of carbonyl (C=O) groups is 1. The zero-order valence-electron chi connectivity index (χ0n) is 13.7. The lowest BCUT2D eigenvalue weighted by Crippen LogP contribution is -2.31. The van der Waals surface area contributed by atoms with Crippen LogP contribution in [0.4, 0.5) is 5.69 Å². The zero-order valence-corrected chi connectivity index (χ0v) is 14.5. The molecule has 1 unspecified atom stereocenters. The van der Waals surface area contributed by atoms with Gasteiger partial charge >= 0.3 is 0 Å². The molecule has 1 atom stereocenters. The number of anilines is 1. The van der Waals surface area contributed by atoms with Crippen LogP contribution in [0.15, 0.2) is 42.5 Å². The van der Waals surface area contributed by atoms with E-state index in [1.807, 2.05) is 42.5 Å². The molecular weight excluding hydrogens is 334 g/mol. The molecule has 0 aliphatic carbocycles. The van der Waals surface area contributed by atoms with Gasteiger partial charge in [-0.15, -0.1) is 11.3 Å². The van der Waals surface area contributed by atoms with Gasteiger partial charge in [0, 0.05) is 24.1 Å². The van der Waals surface area contributed by atoms with Crippen LogP contribution in [-0.2, 0) is 4.74 Å². The number of benzene rings is 1. The highest BCUT2D eigenvalue weighted by molar-refractivity contribution is 7.21. The fourth-order valence-electron chi connectivity index (χ4n) is 3.03. The minimum Gasteiger partial charge on any atom is -0.397 e. The molecule has 1 aliphatic rings. The Morgan fingerprint density at radius 3 is 2.88 bits per heavy atom. The monoisotopic (exact) mass is 353 g/mol. The molecule has 1 fully saturated rings. The standard InChI is InChI=1S/C19H19N3O2S/c20-16-14-8-9-15(12-5-2-1-3-6-12)22-19(14)25-17(16)18(23)21-11-13-7-4-10-24-13/h1-3,5-6,8-9,13H,4,7,10-11,20H2,(H,21,23). The van der Waals surface area contributed by atoms with Gasteiger partial charge in [0.1, 0.15) is 9.71 Å². The maximum Gasteiger partial charge on any atom is 0.263 e. The van der Waals surface area contributed by atoms with Crippen molar-refractivity contribution in [1.29, 1.82) is 0 Å². The van der Waals surface area contributed by atoms with Crippen molar-refractivity contribution in [3.8, 4) is 11.3 Å². The van der Waals surface area contributed by atoms with Crippen molar-refractivity contribution in [1.82, 2.24) is 10.3 Å². The van der Waals surface area contributed by atoms with E-state index in [0.29, 0.717) is 17.1 Å². The van der Waals surface area contributed by atoms with Gasteiger partial charge in [-0.25, -0.2) is 4.98 Å². The molecule has 3 N–H and O–H groups in total. The second-order valence-electron chi connectivity index (χ2n) is 6.11. The zero-order chi connectivity index (χ0) is 17.2. The third-order valence-electron chi connectivity index (χ3n) is 4.38. The first-order valence-corrected chi connectivity index (χ1v) is 9.18. The maximum absolute atomic E-state index is 12.5. The predicted octanol–water partition coefficient (Wildman–Crippen LogP) is 3.45. The lowest BCUT2D eigenvalue weighted by molar-refractivity contribution is 0.0862. The number of nitrogen functional groups attached to an aromatic ring is 1. The van der Waals surface area contributed by atoms with E-state index in [-0.39, 0.29) is 12.0 Å². The number of amides is 1. The fraction of sp³-hybridized carbons (Fsp3) is 0.263. The van der Waals surface area contributed by atoms with Crippen LogP contribution in [0.2, 0.25) is 0 Å². The number of carbonyl (C=O) groups excluding carboxylic acids is 1. The minimum atomic E-state index is -0.155. The Labute approximate surface area is 149 Å². The average molecular weight is 353 g/mol. The number of nitrogens with two attached hydrogens (primary N) is 1. The maximum atomic E-state index is 12.5. The summed E-state index contributed by atoms with van der Waals surface area (Å²) in [5, 5.41) is 3.75. The summed E-state index contributed by atoms with van der Waals surface area (Å²) in [5.41, 5.74) is 8.61. The second-order valence-corrected chi connectivity index (χ2v) is 7.10. The molecule has 2 aromatic heterocycles. The normalized spacial score (nSPS) is 17.0. The van der Waals surface area contributed by atoms with Crippen molar-refractivity contribution in [2.45, 2.75) is 18.9 Å². The number of pyridine rings is 1. The fourth-order valence-corrected chi connectivity index (χ4v) is 4.04. The molecule has 1 aromatic carbocycles. The van der Waals surface area contributed by atoms with Crippen molar-refractivity contribution < 1.29 is 9.53 Å². The van der Waals surface area contributed by atoms with Crippen molar-refractivity contribution in [3.05, 3.63) is 47.3 Å². The van der Waals surface area contributed by atoms with Crippen LogP contribution in [0.3, 0.4) is 0 Å². The van der Waals surface area contributed by atoms with Gasteiger partial charge in [0.2, 0.25) is 0 Å². The number of hydrogen-bond donors (Lipinski definition) is 2. The van der Waals surface area contributed by atoms with Gasteiger partial charge in [-0.2, -0.15) is 0 Å². The SMILES string of the molecule is Nc1c(C(=O)NCC2CCCO2)sc2nc(-c3ccccc3)ccc12. The summed E-state index contributed by atoms with van der Waals surface area (Å²) in [7, 11) is 0. The largest absolute Gasteiger partial charge is 0.397 e. The van der Waals surface area contributed by atoms with E-state index in [0.717, 1.165) is 40.9 Å². The van der Waals surface area contributed by atoms with E-state index in [4.69, 9.17) is 10.5 Å². The van der Waals surface area contributed by atoms with Gasteiger partial charge in [-0.1, -0.05) is 30.3 Å². The van der Waals surface area contributed by atoms with Crippen LogP contribution < -0.4 is 11.1 Å². The van der Waals surface area contributed by atoms with Crippen LogP contribution >= 0.6 is 11.3 Å². The molecule has 4 rings (SSSR count). The van der Waals surface area contributed by atoms with Crippen molar-refractivity contribution in [2.24, 2.45) is 0 Å². The molecule has 6 heteroatoms. The average Bonchev–Trinajstić information content (AvgIpc) is 3.28. The summed E-state index contributed by atoms with van der Waals surface area (Å²) >= 11 is 1.33. The van der Waals surface area contributed by atoms with E-state index in [9.17, 15) is 4.79 Å². The molecular formula is C19H19N3O2S. The van der Waals surface area contributed by atoms with E-state index < -0.39 is 0 Å². The molecule has 3 heterocycles. The third-order valence-corrected chi connectivity index (χ3v) is 5.50. The number of hydrogen-bond acceptors (Lipinski definition) is 5. The summed E-state index contributed by atoms with van der Waals surface area (Å²) in [5.74, 6) is -0.155. The highest BCUT2D eigenvalue weighted by Gasteiger charge is 2.20. The first-order valence-electron chi connectivity index (χ1n) is 8.36. The van der Waals surface area contributed by atoms with Gasteiger partial charge in [-0.3, -0.25) is 4.79 Å². The predicted molar refractivity (Wildman–Crippen MR) is 101 cm³/mol. The van der Waals surface area contributed by atoms with E-state index in [1.54, 1.807) is 0 Å². The van der Waals surface area contributed by atoms with Crippen LogP contribution in [0.25, 0.3) is 21.5 Å². The molecule has 1 amide bonds. The molecule has 5 nitrogen and oxygen atoms in total. The van der Waals surface area contributed by atoms with Crippen LogP contribution in [0.1, 0.15) is 22.5 Å². The summed E-state index contributed by atoms with van der Waals surface area (Å²) < 4.78 is 5.54. The van der Waals surface area contributed by atoms with Crippen LogP contribution in [0, 0.1) is 0 Å². The minimum absolute atomic E-state index is 0.113. The van der Waals surface area contributed by atoms with Gasteiger partial charge in [0.05, 0.1) is 17.5 Å². The molecule has 3 aromatic rings. The lowest BCUT2D eigenvalue weighted by Gasteiger charge is -2.10.